The first-order valence-corrected chi connectivity index (χ1v) is 10.8. The zero-order valence-electron chi connectivity index (χ0n) is 15.2. The first-order chi connectivity index (χ1) is 11.9. The Bertz CT molecular complexity index is 739. The van der Waals surface area contributed by atoms with Crippen molar-refractivity contribution in [3.8, 4) is 0 Å². The highest BCUT2D eigenvalue weighted by Crippen LogP contribution is 2.00. The molecule has 2 N–H and O–H groups in total. The molecule has 2 rings (SSSR count). The molecule has 0 aliphatic carbocycles. The highest BCUT2D eigenvalue weighted by Gasteiger charge is 2.11. The van der Waals surface area contributed by atoms with Crippen molar-refractivity contribution in [2.45, 2.75) is 33.2 Å². The molecule has 2 aromatic carbocycles. The van der Waals surface area contributed by atoms with Crippen LogP contribution in [0.1, 0.15) is 36.7 Å². The summed E-state index contributed by atoms with van der Waals surface area (Å²) in [6.45, 7) is 8.04. The summed E-state index contributed by atoms with van der Waals surface area (Å²) in [6.07, 6.45) is 0. The van der Waals surface area contributed by atoms with Gasteiger partial charge in [0.1, 0.15) is 0 Å². The molecule has 0 aliphatic rings. The van der Waals surface area contributed by atoms with Crippen molar-refractivity contribution in [2.75, 3.05) is 0 Å². The van der Waals surface area contributed by atoms with Gasteiger partial charge in [0.2, 0.25) is 0 Å². The summed E-state index contributed by atoms with van der Waals surface area (Å²) >= 11 is 0. The van der Waals surface area contributed by atoms with Gasteiger partial charge in [0, 0.05) is 32.5 Å². The monoisotopic (exact) mass is 418 g/mol. The van der Waals surface area contributed by atoms with Gasteiger partial charge < -0.3 is 0 Å². The van der Waals surface area contributed by atoms with E-state index >= 15 is 0 Å². The van der Waals surface area contributed by atoms with Gasteiger partial charge in [-0.1, -0.05) is 54.1 Å². The highest BCUT2D eigenvalue weighted by molar-refractivity contribution is 8.31. The number of hydrazine groups is 1. The van der Waals surface area contributed by atoms with E-state index in [1.807, 2.05) is 57.2 Å². The molecule has 144 valence electrons. The molecule has 0 heterocycles. The van der Waals surface area contributed by atoms with E-state index in [-0.39, 0.29) is 11.4 Å². The zero-order valence-corrected chi connectivity index (χ0v) is 17.5. The summed E-state index contributed by atoms with van der Waals surface area (Å²) in [5.41, 5.74) is 7.43. The van der Waals surface area contributed by atoms with E-state index in [4.69, 9.17) is 8.42 Å². The van der Waals surface area contributed by atoms with E-state index < -0.39 is 8.26 Å². The van der Waals surface area contributed by atoms with Gasteiger partial charge in [-0.25, -0.2) is 5.43 Å². The van der Waals surface area contributed by atoms with Crippen LogP contribution in [0.15, 0.2) is 60.7 Å². The number of carbonyl (C=O) groups excluding carboxylic acids is 1. The Morgan fingerprint density at radius 3 is 1.58 bits per heavy atom. The van der Waals surface area contributed by atoms with Gasteiger partial charge in [-0.15, -0.1) is 0 Å². The second kappa shape index (κ2) is 11.9. The topological polar surface area (TPSA) is 75.3 Å². The van der Waals surface area contributed by atoms with Crippen molar-refractivity contribution in [1.82, 2.24) is 10.9 Å². The van der Waals surface area contributed by atoms with Crippen LogP contribution in [0.2, 0.25) is 0 Å². The summed E-state index contributed by atoms with van der Waals surface area (Å²) in [4.78, 5) is 11.5. The van der Waals surface area contributed by atoms with E-state index in [2.05, 4.69) is 51.3 Å². The fourth-order valence-electron chi connectivity index (χ4n) is 1.44. The maximum absolute atomic E-state index is 11.5. The van der Waals surface area contributed by atoms with Crippen molar-refractivity contribution in [3.63, 3.8) is 0 Å². The minimum Gasteiger partial charge on any atom is -0.287 e. The smallest absolute Gasteiger partial charge is 0.287 e. The number of amides is 1. The first-order valence-electron chi connectivity index (χ1n) is 7.67. The fourth-order valence-corrected chi connectivity index (χ4v) is 1.44. The number of nitrogens with one attached hydrogen (secondary N) is 2. The molecule has 1 amide bonds. The van der Waals surface area contributed by atoms with Crippen molar-refractivity contribution in [3.05, 3.63) is 71.8 Å². The first kappa shape index (κ1) is 24.4. The molecule has 0 fully saturated rings. The van der Waals surface area contributed by atoms with E-state index in [0.717, 1.165) is 0 Å². The maximum Gasteiger partial charge on any atom is 0.317 e. The SMILES string of the molecule is CC(C)(C)NNC(=O)c1ccccc1.Cc1ccccc1.O=S(=O)(Cl)Cl. The van der Waals surface area contributed by atoms with Gasteiger partial charge in [0.25, 0.3) is 5.91 Å². The Morgan fingerprint density at radius 2 is 1.27 bits per heavy atom. The Balaban J connectivity index is 0.000000431. The Kier molecular flexibility index (Phi) is 11.2. The molecule has 0 bridgehead atoms. The van der Waals surface area contributed by atoms with E-state index in [1.165, 1.54) is 5.56 Å². The van der Waals surface area contributed by atoms with Crippen LogP contribution < -0.4 is 10.9 Å². The molecule has 0 saturated carbocycles. The van der Waals surface area contributed by atoms with E-state index in [0.29, 0.717) is 5.56 Å². The van der Waals surface area contributed by atoms with Crippen molar-refractivity contribution in [2.24, 2.45) is 0 Å². The largest absolute Gasteiger partial charge is 0.317 e. The van der Waals surface area contributed by atoms with Crippen LogP contribution in [0.25, 0.3) is 0 Å². The number of hydrogen-bond donors (Lipinski definition) is 2. The van der Waals surface area contributed by atoms with Crippen LogP contribution in [-0.4, -0.2) is 19.9 Å². The summed E-state index contributed by atoms with van der Waals surface area (Å²) in [5.74, 6) is -0.111. The third kappa shape index (κ3) is 17.2. The number of rotatable bonds is 2. The summed E-state index contributed by atoms with van der Waals surface area (Å²) in [6, 6.07) is 19.4. The third-order valence-corrected chi connectivity index (χ3v) is 2.53. The lowest BCUT2D eigenvalue weighted by molar-refractivity contribution is 0.0914. The molecule has 0 aliphatic heterocycles. The molecule has 0 spiro atoms. The maximum atomic E-state index is 11.5. The molecule has 8 heteroatoms. The van der Waals surface area contributed by atoms with Crippen LogP contribution in [0.4, 0.5) is 0 Å². The number of halogens is 2. The van der Waals surface area contributed by atoms with Crippen molar-refractivity contribution >= 4 is 35.5 Å². The lowest BCUT2D eigenvalue weighted by atomic mass is 10.1. The zero-order chi connectivity index (χ0) is 20.2. The lowest BCUT2D eigenvalue weighted by Crippen LogP contribution is -2.48. The quantitative estimate of drug-likeness (QED) is 0.558. The molecule has 5 nitrogen and oxygen atoms in total. The predicted octanol–water partition coefficient (Wildman–Crippen LogP) is 4.42. The molecule has 0 aromatic heterocycles. The van der Waals surface area contributed by atoms with Crippen LogP contribution >= 0.6 is 21.4 Å². The highest BCUT2D eigenvalue weighted by atomic mass is 36.0. The molecule has 0 saturated heterocycles. The average molecular weight is 419 g/mol. The molecule has 2 aromatic rings. The fraction of sp³-hybridized carbons (Fsp3) is 0.278. The van der Waals surface area contributed by atoms with Gasteiger partial charge in [0.15, 0.2) is 0 Å². The number of carbonyl (C=O) groups is 1. The van der Waals surface area contributed by atoms with Gasteiger partial charge in [0.05, 0.1) is 0 Å². The Labute approximate surface area is 164 Å². The standard InChI is InChI=1S/C11H16N2O.C7H8.Cl2O2S/c1-11(2,3)13-12-10(14)9-7-5-4-6-8-9;1-7-5-3-2-4-6-7;1-5(2,3)4/h4-8,13H,1-3H3,(H,12,14);2-6H,1H3;. The van der Waals surface area contributed by atoms with Gasteiger partial charge in [-0.05, 0) is 39.8 Å². The average Bonchev–Trinajstić information content (AvgIpc) is 2.52. The van der Waals surface area contributed by atoms with Gasteiger partial charge in [-0.3, -0.25) is 10.2 Å². The van der Waals surface area contributed by atoms with Crippen molar-refractivity contribution in [1.29, 1.82) is 0 Å². The van der Waals surface area contributed by atoms with Crippen LogP contribution in [0.3, 0.4) is 0 Å². The number of hydrogen-bond acceptors (Lipinski definition) is 4. The molecule has 0 unspecified atom stereocenters. The molecular formula is C18H24Cl2N2O3S. The second-order valence-corrected chi connectivity index (χ2v) is 9.90. The number of aryl methyl sites for hydroxylation is 1. The lowest BCUT2D eigenvalue weighted by Gasteiger charge is -2.20. The van der Waals surface area contributed by atoms with Crippen LogP contribution in [-0.2, 0) is 8.26 Å². The molecule has 26 heavy (non-hydrogen) atoms. The normalized spacial score (nSPS) is 10.5. The third-order valence-electron chi connectivity index (χ3n) is 2.53. The predicted molar refractivity (Wildman–Crippen MR) is 109 cm³/mol. The second-order valence-electron chi connectivity index (χ2n) is 6.23. The van der Waals surface area contributed by atoms with Gasteiger partial charge in [-0.2, -0.15) is 8.42 Å². The number of benzene rings is 2. The minimum absolute atomic E-state index is 0.111. The molecule has 0 radical (unpaired) electrons. The Hall–Kier alpha value is -1.60. The van der Waals surface area contributed by atoms with Gasteiger partial charge >= 0.3 is 8.26 Å². The Morgan fingerprint density at radius 1 is 0.885 bits per heavy atom. The van der Waals surface area contributed by atoms with E-state index in [9.17, 15) is 4.79 Å². The van der Waals surface area contributed by atoms with E-state index in [1.54, 1.807) is 12.1 Å². The summed E-state index contributed by atoms with van der Waals surface area (Å²) in [7, 11) is 4.81. The summed E-state index contributed by atoms with van der Waals surface area (Å²) in [5, 5.41) is 0. The molecule has 0 atom stereocenters. The van der Waals surface area contributed by atoms with Crippen LogP contribution in [0, 0.1) is 6.92 Å². The van der Waals surface area contributed by atoms with Crippen molar-refractivity contribution < 1.29 is 13.2 Å². The molecular weight excluding hydrogens is 395 g/mol. The summed E-state index contributed by atoms with van der Waals surface area (Å²) < 4.78 is 18.3. The van der Waals surface area contributed by atoms with Crippen LogP contribution in [0.5, 0.6) is 0 Å². The minimum atomic E-state index is -3.72.